The molecule has 0 aromatic heterocycles. The summed E-state index contributed by atoms with van der Waals surface area (Å²) >= 11 is 0. The van der Waals surface area contributed by atoms with E-state index in [0.717, 1.165) is 43.9 Å². The van der Waals surface area contributed by atoms with Gasteiger partial charge in [0.15, 0.2) is 5.96 Å². The molecule has 1 aromatic rings. The molecule has 20 heavy (non-hydrogen) atoms. The fraction of sp³-hybridized carbons (Fsp3) is 0.562. The number of halogens is 1. The van der Waals surface area contributed by atoms with Gasteiger partial charge in [0.05, 0.1) is 0 Å². The van der Waals surface area contributed by atoms with Gasteiger partial charge in [0.25, 0.3) is 0 Å². The Morgan fingerprint density at radius 3 is 2.60 bits per heavy atom. The average Bonchev–Trinajstić information content (AvgIpc) is 3.22. The minimum atomic E-state index is 0. The molecular formula is C16H26IN3. The van der Waals surface area contributed by atoms with E-state index in [1.54, 1.807) is 0 Å². The van der Waals surface area contributed by atoms with Crippen LogP contribution in [0.2, 0.25) is 0 Å². The molecule has 2 N–H and O–H groups in total. The average molecular weight is 387 g/mol. The van der Waals surface area contributed by atoms with Crippen LogP contribution < -0.4 is 10.6 Å². The van der Waals surface area contributed by atoms with Gasteiger partial charge in [-0.3, -0.25) is 4.99 Å². The van der Waals surface area contributed by atoms with Gasteiger partial charge in [-0.05, 0) is 37.2 Å². The summed E-state index contributed by atoms with van der Waals surface area (Å²) in [4.78, 5) is 4.68. The molecule has 1 saturated carbocycles. The van der Waals surface area contributed by atoms with Gasteiger partial charge in [-0.25, -0.2) is 0 Å². The Kier molecular flexibility index (Phi) is 7.95. The minimum absolute atomic E-state index is 0. The number of hydrogen-bond donors (Lipinski definition) is 2. The molecular weight excluding hydrogens is 361 g/mol. The SMILES string of the molecule is CCCNC(=NCC1CC1c1ccccc1)NCC.I. The van der Waals surface area contributed by atoms with Crippen molar-refractivity contribution in [1.82, 2.24) is 10.6 Å². The lowest BCUT2D eigenvalue weighted by Gasteiger charge is -2.10. The quantitative estimate of drug-likeness (QED) is 0.446. The van der Waals surface area contributed by atoms with Crippen molar-refractivity contribution < 1.29 is 0 Å². The third-order valence-electron chi connectivity index (χ3n) is 3.52. The van der Waals surface area contributed by atoms with Crippen molar-refractivity contribution >= 4 is 29.9 Å². The first-order chi connectivity index (χ1) is 9.35. The second-order valence-corrected chi connectivity index (χ2v) is 5.16. The number of benzene rings is 1. The van der Waals surface area contributed by atoms with Crippen molar-refractivity contribution in [3.63, 3.8) is 0 Å². The molecule has 0 spiro atoms. The lowest BCUT2D eigenvalue weighted by Crippen LogP contribution is -2.37. The molecule has 1 aliphatic carbocycles. The number of nitrogens with zero attached hydrogens (tertiary/aromatic N) is 1. The van der Waals surface area contributed by atoms with Gasteiger partial charge in [0.2, 0.25) is 0 Å². The summed E-state index contributed by atoms with van der Waals surface area (Å²) in [6.45, 7) is 7.11. The maximum absolute atomic E-state index is 4.68. The van der Waals surface area contributed by atoms with Crippen molar-refractivity contribution in [2.75, 3.05) is 19.6 Å². The highest BCUT2D eigenvalue weighted by molar-refractivity contribution is 14.0. The Hall–Kier alpha value is -0.780. The predicted octanol–water partition coefficient (Wildman–Crippen LogP) is 3.37. The number of guanidine groups is 1. The molecule has 2 rings (SSSR count). The summed E-state index contributed by atoms with van der Waals surface area (Å²) in [5, 5.41) is 6.64. The van der Waals surface area contributed by atoms with Crippen LogP contribution in [0.1, 0.15) is 38.2 Å². The lowest BCUT2D eigenvalue weighted by molar-refractivity contribution is 0.757. The third kappa shape index (κ3) is 5.31. The van der Waals surface area contributed by atoms with E-state index in [4.69, 9.17) is 0 Å². The van der Waals surface area contributed by atoms with Gasteiger partial charge in [-0.15, -0.1) is 24.0 Å². The fourth-order valence-corrected chi connectivity index (χ4v) is 2.35. The van der Waals surface area contributed by atoms with Crippen molar-refractivity contribution in [2.45, 2.75) is 32.6 Å². The van der Waals surface area contributed by atoms with Gasteiger partial charge < -0.3 is 10.6 Å². The van der Waals surface area contributed by atoms with E-state index in [1.807, 2.05) is 0 Å². The Balaban J connectivity index is 0.00000200. The lowest BCUT2D eigenvalue weighted by atomic mass is 10.1. The highest BCUT2D eigenvalue weighted by Gasteiger charge is 2.37. The van der Waals surface area contributed by atoms with Crippen LogP contribution in [0.25, 0.3) is 0 Å². The molecule has 2 unspecified atom stereocenters. The van der Waals surface area contributed by atoms with Crippen molar-refractivity contribution in [1.29, 1.82) is 0 Å². The smallest absolute Gasteiger partial charge is 0.191 e. The van der Waals surface area contributed by atoms with Crippen LogP contribution in [0.4, 0.5) is 0 Å². The zero-order valence-electron chi connectivity index (χ0n) is 12.4. The maximum Gasteiger partial charge on any atom is 0.191 e. The molecule has 1 aromatic carbocycles. The van der Waals surface area contributed by atoms with Gasteiger partial charge in [-0.2, -0.15) is 0 Å². The molecule has 4 heteroatoms. The number of rotatable bonds is 6. The van der Waals surface area contributed by atoms with Crippen molar-refractivity contribution in [3.8, 4) is 0 Å². The summed E-state index contributed by atoms with van der Waals surface area (Å²) < 4.78 is 0. The fourth-order valence-electron chi connectivity index (χ4n) is 2.35. The first-order valence-corrected chi connectivity index (χ1v) is 7.42. The molecule has 0 aliphatic heterocycles. The molecule has 0 radical (unpaired) electrons. The Morgan fingerprint density at radius 2 is 1.95 bits per heavy atom. The standard InChI is InChI=1S/C16H25N3.HI/c1-3-10-18-16(17-4-2)19-12-14-11-15(14)13-8-6-5-7-9-13;/h5-9,14-15H,3-4,10-12H2,1-2H3,(H2,17,18,19);1H. The van der Waals surface area contributed by atoms with E-state index in [1.165, 1.54) is 12.0 Å². The van der Waals surface area contributed by atoms with Gasteiger partial charge in [0.1, 0.15) is 0 Å². The molecule has 112 valence electrons. The van der Waals surface area contributed by atoms with Gasteiger partial charge in [0, 0.05) is 19.6 Å². The summed E-state index contributed by atoms with van der Waals surface area (Å²) in [6, 6.07) is 10.8. The number of hydrogen-bond acceptors (Lipinski definition) is 1. The summed E-state index contributed by atoms with van der Waals surface area (Å²) in [6.07, 6.45) is 2.40. The van der Waals surface area contributed by atoms with E-state index in [-0.39, 0.29) is 24.0 Å². The molecule has 3 nitrogen and oxygen atoms in total. The van der Waals surface area contributed by atoms with Crippen LogP contribution in [0.3, 0.4) is 0 Å². The second kappa shape index (κ2) is 9.21. The topological polar surface area (TPSA) is 36.4 Å². The first-order valence-electron chi connectivity index (χ1n) is 7.42. The largest absolute Gasteiger partial charge is 0.357 e. The first kappa shape index (κ1) is 17.3. The minimum Gasteiger partial charge on any atom is -0.357 e. The monoisotopic (exact) mass is 387 g/mol. The van der Waals surface area contributed by atoms with Crippen LogP contribution in [0.15, 0.2) is 35.3 Å². The normalized spacial score (nSPS) is 21.0. The molecule has 1 aliphatic rings. The van der Waals surface area contributed by atoms with E-state index in [2.05, 4.69) is 59.8 Å². The summed E-state index contributed by atoms with van der Waals surface area (Å²) in [5.41, 5.74) is 1.47. The summed E-state index contributed by atoms with van der Waals surface area (Å²) in [7, 11) is 0. The molecule has 2 atom stereocenters. The van der Waals surface area contributed by atoms with E-state index in [9.17, 15) is 0 Å². The Labute approximate surface area is 139 Å². The Bertz CT molecular complexity index is 405. The van der Waals surface area contributed by atoms with Gasteiger partial charge >= 0.3 is 0 Å². The van der Waals surface area contributed by atoms with Crippen molar-refractivity contribution in [3.05, 3.63) is 35.9 Å². The van der Waals surface area contributed by atoms with Crippen LogP contribution >= 0.6 is 24.0 Å². The van der Waals surface area contributed by atoms with Gasteiger partial charge in [-0.1, -0.05) is 37.3 Å². The van der Waals surface area contributed by atoms with Crippen molar-refractivity contribution in [2.24, 2.45) is 10.9 Å². The molecule has 0 bridgehead atoms. The highest BCUT2D eigenvalue weighted by Crippen LogP contribution is 2.47. The molecule has 1 fully saturated rings. The summed E-state index contributed by atoms with van der Waals surface area (Å²) in [5.74, 6) is 2.40. The van der Waals surface area contributed by atoms with Crippen LogP contribution in [-0.4, -0.2) is 25.6 Å². The molecule has 0 amide bonds. The second-order valence-electron chi connectivity index (χ2n) is 5.16. The van der Waals surface area contributed by atoms with Crippen LogP contribution in [-0.2, 0) is 0 Å². The number of aliphatic imine (C=N–C) groups is 1. The van der Waals surface area contributed by atoms with E-state index >= 15 is 0 Å². The van der Waals surface area contributed by atoms with Crippen LogP contribution in [0, 0.1) is 5.92 Å². The Morgan fingerprint density at radius 1 is 1.20 bits per heavy atom. The number of nitrogens with one attached hydrogen (secondary N) is 2. The highest BCUT2D eigenvalue weighted by atomic mass is 127. The van der Waals surface area contributed by atoms with Crippen LogP contribution in [0.5, 0.6) is 0 Å². The van der Waals surface area contributed by atoms with E-state index in [0.29, 0.717) is 0 Å². The third-order valence-corrected chi connectivity index (χ3v) is 3.52. The zero-order valence-corrected chi connectivity index (χ0v) is 14.8. The zero-order chi connectivity index (χ0) is 13.5. The van der Waals surface area contributed by atoms with E-state index < -0.39 is 0 Å². The predicted molar refractivity (Wildman–Crippen MR) is 97.0 cm³/mol. The molecule has 0 saturated heterocycles. The maximum atomic E-state index is 4.68. The molecule has 0 heterocycles.